The Balaban J connectivity index is 2.42. The number of hydrogen-bond acceptors (Lipinski definition) is 2. The molecule has 2 aromatic rings. The first kappa shape index (κ1) is 16.9. The van der Waals surface area contributed by atoms with Crippen molar-refractivity contribution in [2.24, 2.45) is 0 Å². The maximum Gasteiger partial charge on any atom is 0.190 e. The van der Waals surface area contributed by atoms with Gasteiger partial charge in [0.1, 0.15) is 0 Å². The van der Waals surface area contributed by atoms with Gasteiger partial charge in [-0.05, 0) is 38.2 Å². The average Bonchev–Trinajstić information content (AvgIpc) is 2.54. The van der Waals surface area contributed by atoms with Gasteiger partial charge < -0.3 is 4.90 Å². The Labute approximate surface area is 138 Å². The second kappa shape index (κ2) is 7.70. The van der Waals surface area contributed by atoms with Crippen molar-refractivity contribution < 1.29 is 4.79 Å². The molecule has 118 valence electrons. The van der Waals surface area contributed by atoms with Crippen molar-refractivity contribution in [3.8, 4) is 0 Å². The minimum Gasteiger partial charge on any atom is -0.305 e. The number of carbonyl (C=O) groups is 1. The first-order valence-corrected chi connectivity index (χ1v) is 7.68. The highest BCUT2D eigenvalue weighted by atomic mass is 16.1. The summed E-state index contributed by atoms with van der Waals surface area (Å²) in [4.78, 5) is 14.8. The number of likely N-dealkylation sites (N-methyl/N-ethyl adjacent to an activating group) is 1. The van der Waals surface area contributed by atoms with Crippen LogP contribution in [0.4, 0.5) is 0 Å². The van der Waals surface area contributed by atoms with Crippen LogP contribution in [0.1, 0.15) is 16.7 Å². The molecule has 2 nitrogen and oxygen atoms in total. The van der Waals surface area contributed by atoms with Gasteiger partial charge >= 0.3 is 0 Å². The lowest BCUT2D eigenvalue weighted by Gasteiger charge is -2.14. The fourth-order valence-electron chi connectivity index (χ4n) is 2.37. The van der Waals surface area contributed by atoms with E-state index < -0.39 is 0 Å². The number of ketones is 1. The molecule has 2 heteroatoms. The molecule has 0 spiro atoms. The fraction of sp³-hybridized carbons (Fsp3) is 0.190. The number of benzene rings is 2. The van der Waals surface area contributed by atoms with E-state index in [1.54, 1.807) is 0 Å². The van der Waals surface area contributed by atoms with E-state index in [1.807, 2.05) is 79.7 Å². The highest BCUT2D eigenvalue weighted by Crippen LogP contribution is 2.22. The summed E-state index contributed by atoms with van der Waals surface area (Å²) in [6, 6.07) is 17.9. The Bertz CT molecular complexity index is 709. The highest BCUT2D eigenvalue weighted by Gasteiger charge is 2.16. The van der Waals surface area contributed by atoms with Gasteiger partial charge in [-0.15, -0.1) is 0 Å². The molecular formula is C21H23NO. The zero-order valence-corrected chi connectivity index (χ0v) is 14.0. The average molecular weight is 305 g/mol. The van der Waals surface area contributed by atoms with Crippen LogP contribution in [0, 0.1) is 6.92 Å². The Morgan fingerprint density at radius 3 is 2.22 bits per heavy atom. The molecule has 0 bridgehead atoms. The maximum atomic E-state index is 12.9. The summed E-state index contributed by atoms with van der Waals surface area (Å²) in [6.45, 7) is 6.57. The van der Waals surface area contributed by atoms with Gasteiger partial charge in [0.2, 0.25) is 0 Å². The number of carbonyl (C=O) groups excluding carboxylic acids is 1. The van der Waals surface area contributed by atoms with Gasteiger partial charge in [0.25, 0.3) is 0 Å². The maximum absolute atomic E-state index is 12.9. The number of aryl methyl sites for hydroxylation is 1. The van der Waals surface area contributed by atoms with Crippen LogP contribution in [0.15, 0.2) is 66.7 Å². The van der Waals surface area contributed by atoms with Gasteiger partial charge in [-0.25, -0.2) is 0 Å². The molecule has 0 fully saturated rings. The summed E-state index contributed by atoms with van der Waals surface area (Å²) >= 11 is 0. The summed E-state index contributed by atoms with van der Waals surface area (Å²) in [5.74, 6) is -0.00882. The Kier molecular flexibility index (Phi) is 5.67. The van der Waals surface area contributed by atoms with Gasteiger partial charge in [0.15, 0.2) is 5.78 Å². The molecule has 23 heavy (non-hydrogen) atoms. The monoisotopic (exact) mass is 305 g/mol. The van der Waals surface area contributed by atoms with Crippen LogP contribution in [0.2, 0.25) is 0 Å². The lowest BCUT2D eigenvalue weighted by molar-refractivity contribution is -0.110. The largest absolute Gasteiger partial charge is 0.305 e. The smallest absolute Gasteiger partial charge is 0.190 e. The molecule has 0 heterocycles. The summed E-state index contributed by atoms with van der Waals surface area (Å²) in [5, 5.41) is 0. The Hall–Kier alpha value is -2.45. The molecule has 2 aromatic carbocycles. The Morgan fingerprint density at radius 1 is 1.04 bits per heavy atom. The number of rotatable bonds is 6. The van der Waals surface area contributed by atoms with Crippen molar-refractivity contribution in [1.82, 2.24) is 4.90 Å². The van der Waals surface area contributed by atoms with Crippen molar-refractivity contribution in [2.45, 2.75) is 6.92 Å². The molecule has 0 aliphatic carbocycles. The standard InChI is InChI=1S/C21H23NO/c1-16-10-12-18(13-11-16)14-20(19-8-6-5-7-9-19)21(23)17(2)15-22(3)4/h5-14H,2,15H2,1,3-4H3/b20-14+. The summed E-state index contributed by atoms with van der Waals surface area (Å²) in [6.07, 6.45) is 1.94. The van der Waals surface area contributed by atoms with E-state index >= 15 is 0 Å². The van der Waals surface area contributed by atoms with Crippen molar-refractivity contribution in [1.29, 1.82) is 0 Å². The molecule has 0 aromatic heterocycles. The van der Waals surface area contributed by atoms with Crippen molar-refractivity contribution in [2.75, 3.05) is 20.6 Å². The molecule has 0 unspecified atom stereocenters. The van der Waals surface area contributed by atoms with Crippen LogP contribution < -0.4 is 0 Å². The summed E-state index contributed by atoms with van der Waals surface area (Å²) in [5.41, 5.74) is 4.41. The van der Waals surface area contributed by atoms with Crippen LogP contribution in [-0.2, 0) is 4.79 Å². The van der Waals surface area contributed by atoms with Crippen molar-refractivity contribution >= 4 is 17.4 Å². The quantitative estimate of drug-likeness (QED) is 0.588. The third-order valence-corrected chi connectivity index (χ3v) is 3.55. The van der Waals surface area contributed by atoms with Crippen molar-refractivity contribution in [3.05, 3.63) is 83.4 Å². The van der Waals surface area contributed by atoms with Crippen LogP contribution in [0.3, 0.4) is 0 Å². The van der Waals surface area contributed by atoms with E-state index in [1.165, 1.54) is 5.56 Å². The van der Waals surface area contributed by atoms with E-state index in [-0.39, 0.29) is 5.78 Å². The zero-order chi connectivity index (χ0) is 16.8. The highest BCUT2D eigenvalue weighted by molar-refractivity contribution is 6.32. The first-order valence-electron chi connectivity index (χ1n) is 7.68. The molecule has 0 saturated heterocycles. The van der Waals surface area contributed by atoms with Gasteiger partial charge in [0, 0.05) is 17.7 Å². The van der Waals surface area contributed by atoms with Gasteiger partial charge in [0.05, 0.1) is 0 Å². The minimum absolute atomic E-state index is 0.00882. The molecule has 2 rings (SSSR count). The topological polar surface area (TPSA) is 20.3 Å². The Morgan fingerprint density at radius 2 is 1.65 bits per heavy atom. The number of Topliss-reactive ketones (excluding diaryl/α,β-unsaturated/α-hetero) is 1. The molecule has 0 saturated carbocycles. The van der Waals surface area contributed by atoms with E-state index in [9.17, 15) is 4.79 Å². The van der Waals surface area contributed by atoms with E-state index in [2.05, 4.69) is 13.5 Å². The summed E-state index contributed by atoms with van der Waals surface area (Å²) in [7, 11) is 3.87. The normalized spacial score (nSPS) is 11.6. The number of hydrogen-bond donors (Lipinski definition) is 0. The SMILES string of the molecule is C=C(CN(C)C)C(=O)/C(=C/c1ccc(C)cc1)c1ccccc1. The third-order valence-electron chi connectivity index (χ3n) is 3.55. The van der Waals surface area contributed by atoms with Crippen molar-refractivity contribution in [3.63, 3.8) is 0 Å². The number of nitrogens with zero attached hydrogens (tertiary/aromatic N) is 1. The molecular weight excluding hydrogens is 282 g/mol. The van der Waals surface area contributed by atoms with Gasteiger partial charge in [-0.3, -0.25) is 4.79 Å². The number of allylic oxidation sites excluding steroid dienone is 1. The lowest BCUT2D eigenvalue weighted by atomic mass is 9.95. The molecule has 0 amide bonds. The second-order valence-electron chi connectivity index (χ2n) is 6.01. The molecule has 0 radical (unpaired) electrons. The second-order valence-corrected chi connectivity index (χ2v) is 6.01. The van der Waals surface area contributed by atoms with E-state index in [4.69, 9.17) is 0 Å². The predicted octanol–water partition coefficient (Wildman–Crippen LogP) is 4.22. The first-order chi connectivity index (χ1) is 11.0. The molecule has 0 N–H and O–H groups in total. The fourth-order valence-corrected chi connectivity index (χ4v) is 2.37. The van der Waals surface area contributed by atoms with Crippen LogP contribution in [0.5, 0.6) is 0 Å². The van der Waals surface area contributed by atoms with E-state index in [0.29, 0.717) is 17.7 Å². The predicted molar refractivity (Wildman–Crippen MR) is 98.2 cm³/mol. The molecule has 0 atom stereocenters. The third kappa shape index (κ3) is 4.76. The zero-order valence-electron chi connectivity index (χ0n) is 14.0. The minimum atomic E-state index is -0.00882. The van der Waals surface area contributed by atoms with Gasteiger partial charge in [-0.1, -0.05) is 66.7 Å². The lowest BCUT2D eigenvalue weighted by Crippen LogP contribution is -2.19. The van der Waals surface area contributed by atoms with E-state index in [0.717, 1.165) is 11.1 Å². The van der Waals surface area contributed by atoms with Crippen LogP contribution >= 0.6 is 0 Å². The molecule has 0 aliphatic rings. The molecule has 0 aliphatic heterocycles. The summed E-state index contributed by atoms with van der Waals surface area (Å²) < 4.78 is 0. The van der Waals surface area contributed by atoms with Crippen LogP contribution in [0.25, 0.3) is 11.6 Å². The van der Waals surface area contributed by atoms with Crippen LogP contribution in [-0.4, -0.2) is 31.3 Å². The van der Waals surface area contributed by atoms with Gasteiger partial charge in [-0.2, -0.15) is 0 Å².